The Bertz CT molecular complexity index is 689. The average molecular weight is 352 g/mol. The summed E-state index contributed by atoms with van der Waals surface area (Å²) < 4.78 is 1.02. The van der Waals surface area contributed by atoms with E-state index in [0.29, 0.717) is 6.04 Å². The van der Waals surface area contributed by atoms with Gasteiger partial charge in [0.1, 0.15) is 5.41 Å². The Labute approximate surface area is 157 Å². The number of piperidine rings is 1. The van der Waals surface area contributed by atoms with E-state index in [2.05, 4.69) is 14.0 Å². The van der Waals surface area contributed by atoms with Crippen molar-refractivity contribution in [3.05, 3.63) is 71.8 Å². The first kappa shape index (κ1) is 18.7. The second-order valence-electron chi connectivity index (χ2n) is 8.02. The maximum atomic E-state index is 12.9. The van der Waals surface area contributed by atoms with E-state index in [4.69, 9.17) is 5.73 Å². The smallest absolute Gasteiger partial charge is 0.232 e. The second kappa shape index (κ2) is 7.63. The van der Waals surface area contributed by atoms with Crippen LogP contribution in [0, 0.1) is 0 Å². The van der Waals surface area contributed by atoms with Crippen molar-refractivity contribution in [2.24, 2.45) is 5.73 Å². The molecule has 1 amide bonds. The maximum Gasteiger partial charge on any atom is 0.232 e. The van der Waals surface area contributed by atoms with Gasteiger partial charge in [0.2, 0.25) is 5.91 Å². The van der Waals surface area contributed by atoms with Gasteiger partial charge in [0, 0.05) is 6.42 Å². The summed E-state index contributed by atoms with van der Waals surface area (Å²) in [5.74, 6) is -0.258. The molecule has 26 heavy (non-hydrogen) atoms. The van der Waals surface area contributed by atoms with Crippen molar-refractivity contribution in [2.45, 2.75) is 44.1 Å². The molecule has 3 nitrogen and oxygen atoms in total. The molecule has 2 unspecified atom stereocenters. The van der Waals surface area contributed by atoms with Crippen molar-refractivity contribution in [3.8, 4) is 0 Å². The molecule has 138 valence electrons. The highest BCUT2D eigenvalue weighted by molar-refractivity contribution is 5.90. The number of quaternary nitrogens is 1. The fourth-order valence-electron chi connectivity index (χ4n) is 4.51. The molecule has 1 fully saturated rings. The molecular weight excluding hydrogens is 320 g/mol. The van der Waals surface area contributed by atoms with Gasteiger partial charge in [-0.2, -0.15) is 0 Å². The number of likely N-dealkylation sites (tertiary alicyclic amines) is 1. The van der Waals surface area contributed by atoms with Crippen molar-refractivity contribution in [1.82, 2.24) is 0 Å². The highest BCUT2D eigenvalue weighted by Crippen LogP contribution is 2.37. The highest BCUT2D eigenvalue weighted by Gasteiger charge is 2.43. The zero-order chi connectivity index (χ0) is 18.6. The van der Waals surface area contributed by atoms with E-state index in [-0.39, 0.29) is 5.91 Å². The van der Waals surface area contributed by atoms with E-state index in [1.807, 2.05) is 60.7 Å². The lowest BCUT2D eigenvalue weighted by Gasteiger charge is -2.45. The maximum absolute atomic E-state index is 12.9. The molecule has 0 bridgehead atoms. The van der Waals surface area contributed by atoms with Crippen LogP contribution in [0.4, 0.5) is 0 Å². The molecule has 2 aromatic rings. The first-order valence-electron chi connectivity index (χ1n) is 9.74. The van der Waals surface area contributed by atoms with Crippen molar-refractivity contribution >= 4 is 5.91 Å². The molecule has 0 spiro atoms. The van der Waals surface area contributed by atoms with Crippen LogP contribution in [0.5, 0.6) is 0 Å². The lowest BCUT2D eigenvalue weighted by molar-refractivity contribution is -0.936. The predicted octanol–water partition coefficient (Wildman–Crippen LogP) is 3.87. The van der Waals surface area contributed by atoms with E-state index in [1.165, 1.54) is 25.8 Å². The highest BCUT2D eigenvalue weighted by atomic mass is 16.1. The fourth-order valence-corrected chi connectivity index (χ4v) is 4.51. The molecule has 1 heterocycles. The Morgan fingerprint density at radius 3 is 2.04 bits per heavy atom. The molecular formula is C23H31N2O+. The Kier molecular flexibility index (Phi) is 5.47. The normalized spacial score (nSPS) is 23.5. The van der Waals surface area contributed by atoms with Gasteiger partial charge < -0.3 is 10.2 Å². The van der Waals surface area contributed by atoms with Crippen LogP contribution in [0.3, 0.4) is 0 Å². The van der Waals surface area contributed by atoms with Crippen molar-refractivity contribution in [2.75, 3.05) is 20.1 Å². The van der Waals surface area contributed by atoms with Crippen LogP contribution in [0.2, 0.25) is 0 Å². The Balaban J connectivity index is 2.02. The van der Waals surface area contributed by atoms with Gasteiger partial charge in [-0.1, -0.05) is 60.7 Å². The molecule has 2 N–H and O–H groups in total. The van der Waals surface area contributed by atoms with Crippen LogP contribution < -0.4 is 5.73 Å². The third kappa shape index (κ3) is 3.41. The monoisotopic (exact) mass is 351 g/mol. The number of carbonyl (C=O) groups excluding carboxylic acids is 1. The largest absolute Gasteiger partial charge is 0.369 e. The molecule has 0 aliphatic carbocycles. The Morgan fingerprint density at radius 1 is 1.04 bits per heavy atom. The predicted molar refractivity (Wildman–Crippen MR) is 107 cm³/mol. The van der Waals surface area contributed by atoms with Gasteiger partial charge in [-0.15, -0.1) is 0 Å². The molecule has 0 aromatic heterocycles. The van der Waals surface area contributed by atoms with Gasteiger partial charge in [-0.25, -0.2) is 0 Å². The van der Waals surface area contributed by atoms with Gasteiger partial charge in [-0.05, 0) is 37.3 Å². The molecule has 0 radical (unpaired) electrons. The van der Waals surface area contributed by atoms with E-state index < -0.39 is 5.41 Å². The van der Waals surface area contributed by atoms with Gasteiger partial charge in [0.05, 0.1) is 26.2 Å². The topological polar surface area (TPSA) is 43.1 Å². The van der Waals surface area contributed by atoms with Crippen LogP contribution in [-0.2, 0) is 10.2 Å². The molecule has 1 saturated heterocycles. The second-order valence-corrected chi connectivity index (χ2v) is 8.02. The number of hydrogen-bond acceptors (Lipinski definition) is 1. The van der Waals surface area contributed by atoms with Crippen molar-refractivity contribution < 1.29 is 9.28 Å². The summed E-state index contributed by atoms with van der Waals surface area (Å²) in [7, 11) is 2.34. The molecule has 0 saturated carbocycles. The van der Waals surface area contributed by atoms with Crippen LogP contribution in [0.15, 0.2) is 60.7 Å². The van der Waals surface area contributed by atoms with E-state index in [9.17, 15) is 4.79 Å². The quantitative estimate of drug-likeness (QED) is 0.789. The number of nitrogens with zero attached hydrogens (tertiary/aromatic N) is 1. The molecule has 3 rings (SSSR count). The summed E-state index contributed by atoms with van der Waals surface area (Å²) in [6.07, 6.45) is 4.57. The van der Waals surface area contributed by atoms with Crippen LogP contribution in [0.1, 0.15) is 43.7 Å². The summed E-state index contributed by atoms with van der Waals surface area (Å²) in [5, 5.41) is 0. The first-order chi connectivity index (χ1) is 12.5. The summed E-state index contributed by atoms with van der Waals surface area (Å²) in [4.78, 5) is 12.9. The minimum Gasteiger partial charge on any atom is -0.369 e. The van der Waals surface area contributed by atoms with Crippen LogP contribution in [-0.4, -0.2) is 36.6 Å². The Morgan fingerprint density at radius 2 is 1.58 bits per heavy atom. The molecule has 1 aliphatic heterocycles. The van der Waals surface area contributed by atoms with Gasteiger partial charge in [0.15, 0.2) is 0 Å². The van der Waals surface area contributed by atoms with Gasteiger partial charge >= 0.3 is 0 Å². The molecule has 1 aliphatic rings. The molecule has 3 heteroatoms. The Hall–Kier alpha value is -2.13. The number of carbonyl (C=O) groups is 1. The number of rotatable bonds is 6. The fraction of sp³-hybridized carbons (Fsp3) is 0.435. The minimum absolute atomic E-state index is 0.258. The first-order valence-corrected chi connectivity index (χ1v) is 9.74. The number of benzene rings is 2. The van der Waals surface area contributed by atoms with Gasteiger partial charge in [-0.3, -0.25) is 4.79 Å². The standard InChI is InChI=1S/C23H30N2O/c1-19-11-9-10-17-25(19,2)18-16-23(22(24)26,20-12-5-3-6-13-20)21-14-7-4-8-15-21/h3-8,12-15,19H,9-11,16-18H2,1-2H3,(H-,24,26)/p+1. The lowest BCUT2D eigenvalue weighted by Crippen LogP contribution is -2.56. The SMILES string of the molecule is CC1CCCC[N+]1(C)CCC(C(N)=O)(c1ccccc1)c1ccccc1. The number of primary amides is 1. The molecule has 2 aromatic carbocycles. The van der Waals surface area contributed by atoms with Crippen molar-refractivity contribution in [1.29, 1.82) is 0 Å². The summed E-state index contributed by atoms with van der Waals surface area (Å²) >= 11 is 0. The third-order valence-electron chi connectivity index (χ3n) is 6.56. The number of amides is 1. The van der Waals surface area contributed by atoms with Crippen LogP contribution in [0.25, 0.3) is 0 Å². The summed E-state index contributed by atoms with van der Waals surface area (Å²) in [6, 6.07) is 20.7. The van der Waals surface area contributed by atoms with Crippen LogP contribution >= 0.6 is 0 Å². The van der Waals surface area contributed by atoms with E-state index >= 15 is 0 Å². The van der Waals surface area contributed by atoms with Gasteiger partial charge in [0.25, 0.3) is 0 Å². The summed E-state index contributed by atoms with van der Waals surface area (Å²) in [5.41, 5.74) is 7.30. The number of hydrogen-bond donors (Lipinski definition) is 1. The number of nitrogens with two attached hydrogens (primary N) is 1. The molecule has 2 atom stereocenters. The van der Waals surface area contributed by atoms with E-state index in [0.717, 1.165) is 28.6 Å². The summed E-state index contributed by atoms with van der Waals surface area (Å²) in [6.45, 7) is 4.48. The average Bonchev–Trinajstić information content (AvgIpc) is 2.66. The lowest BCUT2D eigenvalue weighted by atomic mass is 9.71. The van der Waals surface area contributed by atoms with Crippen molar-refractivity contribution in [3.63, 3.8) is 0 Å². The minimum atomic E-state index is -0.777. The zero-order valence-electron chi connectivity index (χ0n) is 16.0. The third-order valence-corrected chi connectivity index (χ3v) is 6.56. The zero-order valence-corrected chi connectivity index (χ0v) is 16.0. The van der Waals surface area contributed by atoms with E-state index in [1.54, 1.807) is 0 Å².